The number of hydrogen-bond acceptors (Lipinski definition) is 5. The molecule has 1 atom stereocenters. The van der Waals surface area contributed by atoms with Gasteiger partial charge >= 0.3 is 12.0 Å². The molecular formula is C15H18N2O5. The minimum atomic E-state index is -0.646. The van der Waals surface area contributed by atoms with Crippen molar-refractivity contribution in [1.29, 1.82) is 0 Å². The Morgan fingerprint density at radius 1 is 1.36 bits per heavy atom. The van der Waals surface area contributed by atoms with Crippen LogP contribution >= 0.6 is 0 Å². The van der Waals surface area contributed by atoms with Crippen molar-refractivity contribution in [2.75, 3.05) is 19.0 Å². The maximum absolute atomic E-state index is 12.0. The van der Waals surface area contributed by atoms with Crippen LogP contribution in [-0.2, 0) is 14.4 Å². The molecule has 0 bridgehead atoms. The number of urea groups is 1. The summed E-state index contributed by atoms with van der Waals surface area (Å²) in [6.07, 6.45) is -0.0521. The van der Waals surface area contributed by atoms with Crippen LogP contribution in [0.5, 0.6) is 0 Å². The molecular weight excluding hydrogens is 288 g/mol. The van der Waals surface area contributed by atoms with Gasteiger partial charge < -0.3 is 10.1 Å². The SMILES string of the molecule is CCOC(=O)CC1c2cc(C(C)=O)ccc2NC(=O)N1OC. The summed E-state index contributed by atoms with van der Waals surface area (Å²) in [5, 5.41) is 3.73. The van der Waals surface area contributed by atoms with E-state index in [0.29, 0.717) is 16.8 Å². The standard InChI is InChI=1S/C15H18N2O5/c1-4-22-14(19)8-13-11-7-10(9(2)18)5-6-12(11)16-15(20)17(13)21-3/h5-7,13H,4,8H2,1-3H3,(H,16,20). The average molecular weight is 306 g/mol. The fourth-order valence-electron chi connectivity index (χ4n) is 2.39. The number of hydrogen-bond donors (Lipinski definition) is 1. The first kappa shape index (κ1) is 16.0. The van der Waals surface area contributed by atoms with Crippen molar-refractivity contribution in [3.8, 4) is 0 Å². The Morgan fingerprint density at radius 3 is 2.68 bits per heavy atom. The summed E-state index contributed by atoms with van der Waals surface area (Å²) < 4.78 is 4.95. The van der Waals surface area contributed by atoms with Gasteiger partial charge in [0, 0.05) is 16.8 Å². The van der Waals surface area contributed by atoms with Crippen molar-refractivity contribution < 1.29 is 24.0 Å². The van der Waals surface area contributed by atoms with Crippen molar-refractivity contribution in [3.05, 3.63) is 29.3 Å². The van der Waals surface area contributed by atoms with E-state index in [0.717, 1.165) is 5.06 Å². The first-order valence-corrected chi connectivity index (χ1v) is 6.92. The molecule has 118 valence electrons. The first-order valence-electron chi connectivity index (χ1n) is 6.92. The van der Waals surface area contributed by atoms with E-state index in [4.69, 9.17) is 9.57 Å². The summed E-state index contributed by atoms with van der Waals surface area (Å²) in [6.45, 7) is 3.42. The molecule has 22 heavy (non-hydrogen) atoms. The van der Waals surface area contributed by atoms with E-state index in [1.165, 1.54) is 14.0 Å². The van der Waals surface area contributed by atoms with Crippen LogP contribution in [0.15, 0.2) is 18.2 Å². The van der Waals surface area contributed by atoms with Gasteiger partial charge in [0.15, 0.2) is 5.78 Å². The fourth-order valence-corrected chi connectivity index (χ4v) is 2.39. The van der Waals surface area contributed by atoms with Crippen molar-refractivity contribution in [2.24, 2.45) is 0 Å². The van der Waals surface area contributed by atoms with Crippen molar-refractivity contribution in [3.63, 3.8) is 0 Å². The molecule has 0 aliphatic carbocycles. The number of carbonyl (C=O) groups is 3. The summed E-state index contributed by atoms with van der Waals surface area (Å²) in [4.78, 5) is 40.5. The maximum Gasteiger partial charge on any atom is 0.346 e. The van der Waals surface area contributed by atoms with E-state index in [2.05, 4.69) is 5.32 Å². The third kappa shape index (κ3) is 3.09. The highest BCUT2D eigenvalue weighted by Crippen LogP contribution is 2.36. The number of benzene rings is 1. The van der Waals surface area contributed by atoms with Crippen LogP contribution < -0.4 is 5.32 Å². The number of amides is 2. The number of esters is 1. The van der Waals surface area contributed by atoms with Crippen LogP contribution in [0, 0.1) is 0 Å². The molecule has 0 spiro atoms. The average Bonchev–Trinajstić information content (AvgIpc) is 2.47. The fraction of sp³-hybridized carbons (Fsp3) is 0.400. The Bertz CT molecular complexity index is 614. The van der Waals surface area contributed by atoms with Gasteiger partial charge in [-0.05, 0) is 32.0 Å². The molecule has 0 fully saturated rings. The number of fused-ring (bicyclic) bond motifs is 1. The number of anilines is 1. The third-order valence-corrected chi connectivity index (χ3v) is 3.40. The van der Waals surface area contributed by atoms with Crippen LogP contribution in [-0.4, -0.2) is 36.6 Å². The second-order valence-corrected chi connectivity index (χ2v) is 4.82. The minimum Gasteiger partial charge on any atom is -0.466 e. The van der Waals surface area contributed by atoms with Crippen LogP contribution in [0.25, 0.3) is 0 Å². The molecule has 1 heterocycles. The Morgan fingerprint density at radius 2 is 2.09 bits per heavy atom. The van der Waals surface area contributed by atoms with E-state index in [1.54, 1.807) is 25.1 Å². The molecule has 0 aromatic heterocycles. The predicted molar refractivity (Wildman–Crippen MR) is 78.3 cm³/mol. The minimum absolute atomic E-state index is 0.0521. The maximum atomic E-state index is 12.0. The number of nitrogens with one attached hydrogen (secondary N) is 1. The molecule has 1 N–H and O–H groups in total. The Hall–Kier alpha value is -2.41. The second-order valence-electron chi connectivity index (χ2n) is 4.82. The van der Waals surface area contributed by atoms with E-state index < -0.39 is 18.0 Å². The lowest BCUT2D eigenvalue weighted by Crippen LogP contribution is -2.42. The zero-order valence-corrected chi connectivity index (χ0v) is 12.7. The van der Waals surface area contributed by atoms with Gasteiger partial charge in [-0.2, -0.15) is 5.06 Å². The van der Waals surface area contributed by atoms with E-state index >= 15 is 0 Å². The molecule has 0 saturated carbocycles. The smallest absolute Gasteiger partial charge is 0.346 e. The van der Waals surface area contributed by atoms with Crippen LogP contribution in [0.3, 0.4) is 0 Å². The Balaban J connectivity index is 2.43. The molecule has 2 amide bonds. The third-order valence-electron chi connectivity index (χ3n) is 3.40. The van der Waals surface area contributed by atoms with Gasteiger partial charge in [0.05, 0.1) is 26.2 Å². The Kier molecular flexibility index (Phi) is 4.77. The first-order chi connectivity index (χ1) is 10.5. The zero-order chi connectivity index (χ0) is 16.3. The molecule has 1 aromatic rings. The highest BCUT2D eigenvalue weighted by Gasteiger charge is 2.35. The van der Waals surface area contributed by atoms with Gasteiger partial charge in [-0.1, -0.05) is 0 Å². The quantitative estimate of drug-likeness (QED) is 0.666. The molecule has 1 aliphatic heterocycles. The number of nitrogens with zero attached hydrogens (tertiary/aromatic N) is 1. The molecule has 7 heteroatoms. The number of hydroxylamine groups is 2. The number of carbonyl (C=O) groups excluding carboxylic acids is 3. The number of Topliss-reactive ketones (excluding diaryl/α,β-unsaturated/α-hetero) is 1. The summed E-state index contributed by atoms with van der Waals surface area (Å²) in [7, 11) is 1.34. The normalized spacial score (nSPS) is 16.8. The van der Waals surface area contributed by atoms with Crippen molar-refractivity contribution in [2.45, 2.75) is 26.3 Å². The van der Waals surface area contributed by atoms with Gasteiger partial charge in [-0.3, -0.25) is 14.4 Å². The topological polar surface area (TPSA) is 84.9 Å². The largest absolute Gasteiger partial charge is 0.466 e. The lowest BCUT2D eigenvalue weighted by atomic mass is 9.96. The molecule has 2 rings (SSSR count). The predicted octanol–water partition coefficient (Wildman–Crippen LogP) is 2.29. The van der Waals surface area contributed by atoms with Crippen LogP contribution in [0.4, 0.5) is 10.5 Å². The van der Waals surface area contributed by atoms with Gasteiger partial charge in [0.1, 0.15) is 0 Å². The van der Waals surface area contributed by atoms with Crippen LogP contribution in [0.2, 0.25) is 0 Å². The molecule has 0 saturated heterocycles. The Labute approximate surface area is 128 Å². The second kappa shape index (κ2) is 6.57. The number of rotatable bonds is 5. The summed E-state index contributed by atoms with van der Waals surface area (Å²) >= 11 is 0. The van der Waals surface area contributed by atoms with E-state index in [1.807, 2.05) is 0 Å². The molecule has 1 aromatic carbocycles. The van der Waals surface area contributed by atoms with Gasteiger partial charge in [0.2, 0.25) is 0 Å². The lowest BCUT2D eigenvalue weighted by molar-refractivity contribution is -0.153. The highest BCUT2D eigenvalue weighted by molar-refractivity contribution is 5.97. The van der Waals surface area contributed by atoms with Crippen molar-refractivity contribution in [1.82, 2.24) is 5.06 Å². The van der Waals surface area contributed by atoms with Gasteiger partial charge in [-0.25, -0.2) is 4.79 Å². The lowest BCUT2D eigenvalue weighted by Gasteiger charge is -2.34. The van der Waals surface area contributed by atoms with Gasteiger partial charge in [0.25, 0.3) is 0 Å². The monoisotopic (exact) mass is 306 g/mol. The summed E-state index contributed by atoms with van der Waals surface area (Å²) in [5.74, 6) is -0.540. The van der Waals surface area contributed by atoms with E-state index in [9.17, 15) is 14.4 Å². The molecule has 0 radical (unpaired) electrons. The number of ketones is 1. The summed E-state index contributed by atoms with van der Waals surface area (Å²) in [5.41, 5.74) is 1.69. The number of ether oxygens (including phenoxy) is 1. The van der Waals surface area contributed by atoms with Crippen LogP contribution in [0.1, 0.15) is 42.2 Å². The van der Waals surface area contributed by atoms with Gasteiger partial charge in [-0.15, -0.1) is 0 Å². The zero-order valence-electron chi connectivity index (χ0n) is 12.7. The highest BCUT2D eigenvalue weighted by atomic mass is 16.7. The molecule has 1 unspecified atom stereocenters. The van der Waals surface area contributed by atoms with E-state index in [-0.39, 0.29) is 18.8 Å². The molecule has 7 nitrogen and oxygen atoms in total. The summed E-state index contributed by atoms with van der Waals surface area (Å²) in [6, 6.07) is 3.82. The molecule has 1 aliphatic rings. The van der Waals surface area contributed by atoms with Crippen molar-refractivity contribution >= 4 is 23.5 Å².